The van der Waals surface area contributed by atoms with Crippen molar-refractivity contribution in [1.82, 2.24) is 9.80 Å². The first-order valence-electron chi connectivity index (χ1n) is 8.15. The van der Waals surface area contributed by atoms with Crippen LogP contribution in [-0.2, 0) is 0 Å². The van der Waals surface area contributed by atoms with Gasteiger partial charge in [0.2, 0.25) is 0 Å². The fraction of sp³-hybridized carbons (Fsp3) is 1.00. The van der Waals surface area contributed by atoms with E-state index < -0.39 is 0 Å². The Kier molecular flexibility index (Phi) is 4.71. The van der Waals surface area contributed by atoms with Crippen LogP contribution in [0.3, 0.4) is 0 Å². The molecule has 106 valence electrons. The Hall–Kier alpha value is -0.0800. The minimum absolute atomic E-state index is 0.421. The molecule has 0 spiro atoms. The first kappa shape index (κ1) is 14.3. The smallest absolute Gasteiger partial charge is 0.0226 e. The number of hydrogen-bond donors (Lipinski definition) is 0. The standard InChI is InChI=1S/C16H32N2/c1-5-14-12-17-11-9-8-10-15(17)13-18(14)16(4,6-2)7-3/h14-15H,5-13H2,1-4H3. The highest BCUT2D eigenvalue weighted by Crippen LogP contribution is 2.33. The van der Waals surface area contributed by atoms with E-state index in [2.05, 4.69) is 37.5 Å². The fourth-order valence-electron chi connectivity index (χ4n) is 3.92. The quantitative estimate of drug-likeness (QED) is 0.755. The maximum absolute atomic E-state index is 2.86. The van der Waals surface area contributed by atoms with Gasteiger partial charge < -0.3 is 0 Å². The zero-order chi connectivity index (χ0) is 13.2. The second kappa shape index (κ2) is 5.92. The summed E-state index contributed by atoms with van der Waals surface area (Å²) in [7, 11) is 0. The molecule has 0 aromatic carbocycles. The third-order valence-corrected chi connectivity index (χ3v) is 5.73. The second-order valence-corrected chi connectivity index (χ2v) is 6.56. The van der Waals surface area contributed by atoms with Crippen molar-refractivity contribution in [2.45, 2.75) is 83.8 Å². The zero-order valence-corrected chi connectivity index (χ0v) is 12.9. The van der Waals surface area contributed by atoms with E-state index in [1.165, 1.54) is 58.2 Å². The number of nitrogens with zero attached hydrogens (tertiary/aromatic N) is 2. The molecule has 2 atom stereocenters. The molecule has 2 nitrogen and oxygen atoms in total. The number of hydrogen-bond acceptors (Lipinski definition) is 2. The molecule has 0 bridgehead atoms. The van der Waals surface area contributed by atoms with E-state index in [1.54, 1.807) is 0 Å². The number of fused-ring (bicyclic) bond motifs is 1. The maximum atomic E-state index is 2.86. The molecular weight excluding hydrogens is 220 g/mol. The van der Waals surface area contributed by atoms with Crippen LogP contribution in [0.5, 0.6) is 0 Å². The summed E-state index contributed by atoms with van der Waals surface area (Å²) in [6, 6.07) is 1.63. The summed E-state index contributed by atoms with van der Waals surface area (Å²) in [6.07, 6.45) is 8.17. The van der Waals surface area contributed by atoms with Gasteiger partial charge >= 0.3 is 0 Å². The highest BCUT2D eigenvalue weighted by molar-refractivity contribution is 4.97. The summed E-state index contributed by atoms with van der Waals surface area (Å²) in [5, 5.41) is 0. The first-order valence-corrected chi connectivity index (χ1v) is 8.15. The van der Waals surface area contributed by atoms with E-state index >= 15 is 0 Å². The Labute approximate surface area is 114 Å². The van der Waals surface area contributed by atoms with Gasteiger partial charge in [0.1, 0.15) is 0 Å². The predicted molar refractivity (Wildman–Crippen MR) is 79.0 cm³/mol. The zero-order valence-electron chi connectivity index (χ0n) is 12.9. The van der Waals surface area contributed by atoms with Crippen LogP contribution in [0.25, 0.3) is 0 Å². The van der Waals surface area contributed by atoms with Crippen molar-refractivity contribution < 1.29 is 0 Å². The molecule has 18 heavy (non-hydrogen) atoms. The Balaban J connectivity index is 2.13. The van der Waals surface area contributed by atoms with Gasteiger partial charge in [0.25, 0.3) is 0 Å². The predicted octanol–water partition coefficient (Wildman–Crippen LogP) is 3.51. The molecular formula is C16H32N2. The Bertz CT molecular complexity index is 260. The van der Waals surface area contributed by atoms with Crippen LogP contribution < -0.4 is 0 Å². The molecule has 2 unspecified atom stereocenters. The van der Waals surface area contributed by atoms with Gasteiger partial charge in [-0.15, -0.1) is 0 Å². The largest absolute Gasteiger partial charge is 0.298 e. The minimum atomic E-state index is 0.421. The minimum Gasteiger partial charge on any atom is -0.298 e. The van der Waals surface area contributed by atoms with E-state index in [4.69, 9.17) is 0 Å². The normalized spacial score (nSPS) is 31.3. The summed E-state index contributed by atoms with van der Waals surface area (Å²) in [6.45, 7) is 13.6. The molecule has 0 radical (unpaired) electrons. The molecule has 2 saturated heterocycles. The molecule has 0 aliphatic carbocycles. The van der Waals surface area contributed by atoms with Crippen molar-refractivity contribution in [2.75, 3.05) is 19.6 Å². The van der Waals surface area contributed by atoms with Crippen LogP contribution in [-0.4, -0.2) is 47.1 Å². The molecule has 2 aliphatic heterocycles. The lowest BCUT2D eigenvalue weighted by molar-refractivity contribution is -0.0518. The highest BCUT2D eigenvalue weighted by atomic mass is 15.3. The average Bonchev–Trinajstić information content (AvgIpc) is 2.45. The topological polar surface area (TPSA) is 6.48 Å². The highest BCUT2D eigenvalue weighted by Gasteiger charge is 2.40. The van der Waals surface area contributed by atoms with Crippen molar-refractivity contribution in [2.24, 2.45) is 0 Å². The van der Waals surface area contributed by atoms with Crippen molar-refractivity contribution in [3.8, 4) is 0 Å². The molecule has 0 amide bonds. The lowest BCUT2D eigenvalue weighted by atomic mass is 9.86. The molecule has 0 saturated carbocycles. The van der Waals surface area contributed by atoms with Crippen molar-refractivity contribution in [3.05, 3.63) is 0 Å². The lowest BCUT2D eigenvalue weighted by Gasteiger charge is -2.54. The van der Waals surface area contributed by atoms with E-state index in [1.807, 2.05) is 0 Å². The van der Waals surface area contributed by atoms with E-state index in [9.17, 15) is 0 Å². The molecule has 2 fully saturated rings. The van der Waals surface area contributed by atoms with Gasteiger partial charge in [-0.25, -0.2) is 0 Å². The first-order chi connectivity index (χ1) is 8.64. The van der Waals surface area contributed by atoms with Gasteiger partial charge in [0.05, 0.1) is 0 Å². The van der Waals surface area contributed by atoms with Gasteiger partial charge in [-0.3, -0.25) is 9.80 Å². The van der Waals surface area contributed by atoms with Crippen LogP contribution >= 0.6 is 0 Å². The Morgan fingerprint density at radius 1 is 1.06 bits per heavy atom. The Morgan fingerprint density at radius 3 is 2.39 bits per heavy atom. The third kappa shape index (κ3) is 2.60. The van der Waals surface area contributed by atoms with Crippen molar-refractivity contribution in [3.63, 3.8) is 0 Å². The molecule has 2 heterocycles. The number of rotatable bonds is 4. The fourth-order valence-corrected chi connectivity index (χ4v) is 3.92. The van der Waals surface area contributed by atoms with E-state index in [0.717, 1.165) is 12.1 Å². The van der Waals surface area contributed by atoms with E-state index in [0.29, 0.717) is 5.54 Å². The molecule has 2 heteroatoms. The summed E-state index contributed by atoms with van der Waals surface area (Å²) in [4.78, 5) is 5.64. The lowest BCUT2D eigenvalue weighted by Crippen LogP contribution is -2.64. The summed E-state index contributed by atoms with van der Waals surface area (Å²) >= 11 is 0. The van der Waals surface area contributed by atoms with Gasteiger partial charge in [-0.1, -0.05) is 27.2 Å². The van der Waals surface area contributed by atoms with E-state index in [-0.39, 0.29) is 0 Å². The molecule has 0 aromatic heterocycles. The number of piperazine rings is 1. The second-order valence-electron chi connectivity index (χ2n) is 6.56. The summed E-state index contributed by atoms with van der Waals surface area (Å²) in [5.41, 5.74) is 0.421. The molecule has 0 aromatic rings. The van der Waals surface area contributed by atoms with Crippen LogP contribution in [0.15, 0.2) is 0 Å². The van der Waals surface area contributed by atoms with Crippen LogP contribution in [0.2, 0.25) is 0 Å². The summed E-state index contributed by atoms with van der Waals surface area (Å²) in [5.74, 6) is 0. The SMILES string of the molecule is CCC1CN2CCCCC2CN1C(C)(CC)CC. The maximum Gasteiger partial charge on any atom is 0.0226 e. The van der Waals surface area contributed by atoms with Crippen molar-refractivity contribution in [1.29, 1.82) is 0 Å². The monoisotopic (exact) mass is 252 g/mol. The third-order valence-electron chi connectivity index (χ3n) is 5.73. The van der Waals surface area contributed by atoms with Crippen LogP contribution in [0.4, 0.5) is 0 Å². The van der Waals surface area contributed by atoms with Gasteiger partial charge in [-0.2, -0.15) is 0 Å². The summed E-state index contributed by atoms with van der Waals surface area (Å²) < 4.78 is 0. The number of piperidine rings is 1. The van der Waals surface area contributed by atoms with Crippen LogP contribution in [0, 0.1) is 0 Å². The van der Waals surface area contributed by atoms with Gasteiger partial charge in [0.15, 0.2) is 0 Å². The Morgan fingerprint density at radius 2 is 1.78 bits per heavy atom. The van der Waals surface area contributed by atoms with Crippen LogP contribution in [0.1, 0.15) is 66.2 Å². The van der Waals surface area contributed by atoms with Gasteiger partial charge in [0, 0.05) is 30.7 Å². The molecule has 2 rings (SSSR count). The molecule has 2 aliphatic rings. The average molecular weight is 252 g/mol. The van der Waals surface area contributed by atoms with Crippen molar-refractivity contribution >= 4 is 0 Å². The van der Waals surface area contributed by atoms with Gasteiger partial charge in [-0.05, 0) is 45.6 Å². The molecule has 0 N–H and O–H groups in total.